The third kappa shape index (κ3) is 10.6. The van der Waals surface area contributed by atoms with Crippen molar-refractivity contribution in [2.24, 2.45) is 5.73 Å². The Morgan fingerprint density at radius 3 is 1.50 bits per heavy atom. The second-order valence-corrected chi connectivity index (χ2v) is 9.07. The second kappa shape index (κ2) is 16.0. The number of hydrogen-bond acceptors (Lipinski definition) is 1. The first kappa shape index (κ1) is 25.2. The van der Waals surface area contributed by atoms with E-state index in [2.05, 4.69) is 39.8 Å². The summed E-state index contributed by atoms with van der Waals surface area (Å²) >= 11 is 0. The zero-order chi connectivity index (χ0) is 20.6. The topological polar surface area (TPSA) is 26.0 Å². The molecule has 1 aromatic rings. The van der Waals surface area contributed by atoms with Crippen molar-refractivity contribution in [3.8, 4) is 0 Å². The van der Waals surface area contributed by atoms with Crippen LogP contribution in [0.4, 0.5) is 0 Å². The smallest absolute Gasteiger partial charge is 0.0297 e. The van der Waals surface area contributed by atoms with Crippen LogP contribution in [0.2, 0.25) is 0 Å². The lowest BCUT2D eigenvalue weighted by Crippen LogP contribution is -2.12. The summed E-state index contributed by atoms with van der Waals surface area (Å²) in [6.45, 7) is 8.92. The highest BCUT2D eigenvalue weighted by molar-refractivity contribution is 5.40. The van der Waals surface area contributed by atoms with Gasteiger partial charge in [-0.1, -0.05) is 115 Å². The normalized spacial score (nSPS) is 12.5. The van der Waals surface area contributed by atoms with Crippen LogP contribution in [0.5, 0.6) is 0 Å². The number of hydrogen-bond donors (Lipinski definition) is 1. The Morgan fingerprint density at radius 2 is 1.04 bits per heavy atom. The predicted octanol–water partition coefficient (Wildman–Crippen LogP) is 8.87. The average molecular weight is 388 g/mol. The van der Waals surface area contributed by atoms with Crippen molar-refractivity contribution in [3.63, 3.8) is 0 Å². The zero-order valence-electron chi connectivity index (χ0n) is 19.6. The molecule has 1 atom stereocenters. The van der Waals surface area contributed by atoms with Gasteiger partial charge in [-0.15, -0.1) is 0 Å². The van der Waals surface area contributed by atoms with Crippen molar-refractivity contribution < 1.29 is 0 Å². The number of unbranched alkanes of at least 4 members (excludes halogenated alkanes) is 14. The summed E-state index contributed by atoms with van der Waals surface area (Å²) in [7, 11) is 0. The molecule has 1 aromatic carbocycles. The van der Waals surface area contributed by atoms with Crippen LogP contribution in [0.15, 0.2) is 12.1 Å². The SMILES string of the molecule is CCCCCCCCCCCCCCCCCC(N)c1ccc(C)c(C)c1C. The molecular formula is C27H49N. The summed E-state index contributed by atoms with van der Waals surface area (Å²) in [5.41, 5.74) is 12.0. The molecule has 28 heavy (non-hydrogen) atoms. The third-order valence-electron chi connectivity index (χ3n) is 6.62. The van der Waals surface area contributed by atoms with Crippen LogP contribution in [-0.2, 0) is 0 Å². The fourth-order valence-corrected chi connectivity index (χ4v) is 4.27. The molecule has 0 aliphatic carbocycles. The Balaban J connectivity index is 1.93. The van der Waals surface area contributed by atoms with Gasteiger partial charge in [0, 0.05) is 6.04 Å². The van der Waals surface area contributed by atoms with E-state index in [-0.39, 0.29) is 6.04 Å². The molecule has 0 aliphatic heterocycles. The van der Waals surface area contributed by atoms with Crippen LogP contribution in [0, 0.1) is 20.8 Å². The number of benzene rings is 1. The van der Waals surface area contributed by atoms with Crippen LogP contribution in [0.25, 0.3) is 0 Å². The van der Waals surface area contributed by atoms with Gasteiger partial charge in [0.25, 0.3) is 0 Å². The fourth-order valence-electron chi connectivity index (χ4n) is 4.27. The molecule has 0 heterocycles. The zero-order valence-corrected chi connectivity index (χ0v) is 19.6. The summed E-state index contributed by atoms with van der Waals surface area (Å²) in [5, 5.41) is 0. The molecule has 2 N–H and O–H groups in total. The van der Waals surface area contributed by atoms with Crippen LogP contribution in [-0.4, -0.2) is 0 Å². The van der Waals surface area contributed by atoms with Gasteiger partial charge in [0.05, 0.1) is 0 Å². The Labute approximate surface area is 176 Å². The molecule has 0 aliphatic rings. The minimum absolute atomic E-state index is 0.210. The molecule has 0 saturated heterocycles. The molecule has 0 spiro atoms. The summed E-state index contributed by atoms with van der Waals surface area (Å²) in [6.07, 6.45) is 22.4. The summed E-state index contributed by atoms with van der Waals surface area (Å²) < 4.78 is 0. The van der Waals surface area contributed by atoms with Gasteiger partial charge in [-0.25, -0.2) is 0 Å². The van der Waals surface area contributed by atoms with Crippen molar-refractivity contribution in [2.45, 2.75) is 136 Å². The van der Waals surface area contributed by atoms with E-state index in [1.54, 1.807) is 0 Å². The van der Waals surface area contributed by atoms with Gasteiger partial charge >= 0.3 is 0 Å². The monoisotopic (exact) mass is 387 g/mol. The van der Waals surface area contributed by atoms with Crippen LogP contribution >= 0.6 is 0 Å². The van der Waals surface area contributed by atoms with E-state index in [9.17, 15) is 0 Å². The molecular weight excluding hydrogens is 338 g/mol. The van der Waals surface area contributed by atoms with E-state index >= 15 is 0 Å². The molecule has 0 fully saturated rings. The van der Waals surface area contributed by atoms with Gasteiger partial charge in [0.15, 0.2) is 0 Å². The maximum atomic E-state index is 6.47. The molecule has 162 valence electrons. The lowest BCUT2D eigenvalue weighted by Gasteiger charge is -2.17. The maximum absolute atomic E-state index is 6.47. The van der Waals surface area contributed by atoms with E-state index in [0.717, 1.165) is 6.42 Å². The minimum Gasteiger partial charge on any atom is -0.324 e. The molecule has 0 bridgehead atoms. The van der Waals surface area contributed by atoms with E-state index in [0.29, 0.717) is 0 Å². The van der Waals surface area contributed by atoms with Crippen molar-refractivity contribution in [3.05, 3.63) is 34.4 Å². The van der Waals surface area contributed by atoms with E-state index in [4.69, 9.17) is 5.73 Å². The summed E-state index contributed by atoms with van der Waals surface area (Å²) in [5.74, 6) is 0. The lowest BCUT2D eigenvalue weighted by atomic mass is 9.92. The molecule has 0 amide bonds. The molecule has 0 aromatic heterocycles. The highest BCUT2D eigenvalue weighted by Gasteiger charge is 2.11. The summed E-state index contributed by atoms with van der Waals surface area (Å²) in [4.78, 5) is 0. The largest absolute Gasteiger partial charge is 0.324 e. The lowest BCUT2D eigenvalue weighted by molar-refractivity contribution is 0.519. The quantitative estimate of drug-likeness (QED) is 0.265. The maximum Gasteiger partial charge on any atom is 0.0297 e. The van der Waals surface area contributed by atoms with Gasteiger partial charge in [-0.3, -0.25) is 0 Å². The number of rotatable bonds is 17. The first-order valence-electron chi connectivity index (χ1n) is 12.4. The van der Waals surface area contributed by atoms with Crippen molar-refractivity contribution in [1.29, 1.82) is 0 Å². The fraction of sp³-hybridized carbons (Fsp3) is 0.778. The minimum atomic E-state index is 0.210. The third-order valence-corrected chi connectivity index (χ3v) is 6.62. The molecule has 1 rings (SSSR count). The van der Waals surface area contributed by atoms with Crippen LogP contribution in [0.1, 0.15) is 138 Å². The first-order chi connectivity index (χ1) is 13.6. The van der Waals surface area contributed by atoms with Gasteiger partial charge < -0.3 is 5.73 Å². The Hall–Kier alpha value is -0.820. The highest BCUT2D eigenvalue weighted by Crippen LogP contribution is 2.25. The van der Waals surface area contributed by atoms with Gasteiger partial charge in [-0.2, -0.15) is 0 Å². The van der Waals surface area contributed by atoms with E-state index in [1.807, 2.05) is 0 Å². The summed E-state index contributed by atoms with van der Waals surface area (Å²) in [6, 6.07) is 4.68. The second-order valence-electron chi connectivity index (χ2n) is 9.07. The molecule has 0 saturated carbocycles. The average Bonchev–Trinajstić information content (AvgIpc) is 2.69. The standard InChI is InChI=1S/C27H49N/c1-5-6-7-8-9-10-11-12-13-14-15-16-17-18-19-20-27(28)26-22-21-23(2)24(3)25(26)4/h21-22,27H,5-20,28H2,1-4H3. The van der Waals surface area contributed by atoms with Crippen molar-refractivity contribution >= 4 is 0 Å². The van der Waals surface area contributed by atoms with E-state index < -0.39 is 0 Å². The number of aryl methyl sites for hydroxylation is 1. The van der Waals surface area contributed by atoms with Crippen LogP contribution < -0.4 is 5.73 Å². The highest BCUT2D eigenvalue weighted by atomic mass is 14.6. The van der Waals surface area contributed by atoms with E-state index in [1.165, 1.54) is 119 Å². The van der Waals surface area contributed by atoms with Gasteiger partial charge in [-0.05, 0) is 49.4 Å². The molecule has 1 nitrogen and oxygen atoms in total. The molecule has 1 unspecified atom stereocenters. The predicted molar refractivity (Wildman–Crippen MR) is 127 cm³/mol. The Bertz CT molecular complexity index is 505. The first-order valence-corrected chi connectivity index (χ1v) is 12.4. The Kier molecular flexibility index (Phi) is 14.4. The van der Waals surface area contributed by atoms with Crippen molar-refractivity contribution in [2.75, 3.05) is 0 Å². The van der Waals surface area contributed by atoms with Gasteiger partial charge in [0.2, 0.25) is 0 Å². The number of nitrogens with two attached hydrogens (primary N) is 1. The van der Waals surface area contributed by atoms with Crippen LogP contribution in [0.3, 0.4) is 0 Å². The van der Waals surface area contributed by atoms with Gasteiger partial charge in [0.1, 0.15) is 0 Å². The molecule has 1 heteroatoms. The Morgan fingerprint density at radius 1 is 0.607 bits per heavy atom. The molecule has 0 radical (unpaired) electrons. The van der Waals surface area contributed by atoms with Crippen molar-refractivity contribution in [1.82, 2.24) is 0 Å².